The predicted octanol–water partition coefficient (Wildman–Crippen LogP) is 1.32. The highest BCUT2D eigenvalue weighted by molar-refractivity contribution is 6.14. The number of furan rings is 1. The molecule has 0 radical (unpaired) electrons. The van der Waals surface area contributed by atoms with Crippen LogP contribution < -0.4 is 9.64 Å². The van der Waals surface area contributed by atoms with Crippen LogP contribution in [0.1, 0.15) is 27.4 Å². The highest BCUT2D eigenvalue weighted by Crippen LogP contribution is 2.39. The van der Waals surface area contributed by atoms with Crippen LogP contribution in [0.2, 0.25) is 0 Å². The van der Waals surface area contributed by atoms with Gasteiger partial charge in [0.2, 0.25) is 5.78 Å². The lowest BCUT2D eigenvalue weighted by Crippen LogP contribution is -3.12. The van der Waals surface area contributed by atoms with Gasteiger partial charge in [0, 0.05) is 6.08 Å². The van der Waals surface area contributed by atoms with Crippen molar-refractivity contribution in [3.05, 3.63) is 52.7 Å². The number of morpholine rings is 1. The Hall–Kier alpha value is -2.57. The van der Waals surface area contributed by atoms with Crippen LogP contribution in [-0.2, 0) is 11.3 Å². The van der Waals surface area contributed by atoms with Gasteiger partial charge < -0.3 is 23.9 Å². The number of hydrogen-bond acceptors (Lipinski definition) is 5. The fraction of sp³-hybridized carbons (Fsp3) is 0.316. The summed E-state index contributed by atoms with van der Waals surface area (Å²) in [5.41, 5.74) is 1.15. The Labute approximate surface area is 145 Å². The van der Waals surface area contributed by atoms with Gasteiger partial charge in [-0.15, -0.1) is 0 Å². The highest BCUT2D eigenvalue weighted by atomic mass is 16.5. The molecule has 130 valence electrons. The highest BCUT2D eigenvalue weighted by Gasteiger charge is 2.33. The zero-order valence-corrected chi connectivity index (χ0v) is 14.0. The molecule has 1 aromatic carbocycles. The third-order valence-corrected chi connectivity index (χ3v) is 4.58. The van der Waals surface area contributed by atoms with Crippen molar-refractivity contribution in [1.82, 2.24) is 0 Å². The number of allylic oxidation sites excluding steroid dienone is 1. The van der Waals surface area contributed by atoms with Crippen LogP contribution in [0.15, 0.2) is 34.4 Å². The molecule has 2 aliphatic rings. The summed E-state index contributed by atoms with van der Waals surface area (Å²) >= 11 is 0. The van der Waals surface area contributed by atoms with Gasteiger partial charge in [-0.2, -0.15) is 0 Å². The van der Waals surface area contributed by atoms with Gasteiger partial charge in [0.15, 0.2) is 11.5 Å². The number of fused-ring (bicyclic) bond motifs is 1. The van der Waals surface area contributed by atoms with E-state index in [-0.39, 0.29) is 17.3 Å². The van der Waals surface area contributed by atoms with Crippen molar-refractivity contribution in [2.24, 2.45) is 0 Å². The Bertz CT molecular complexity index is 845. The van der Waals surface area contributed by atoms with Crippen LogP contribution in [0.3, 0.4) is 0 Å². The average molecular weight is 342 g/mol. The topological polar surface area (TPSA) is 73.3 Å². The maximum absolute atomic E-state index is 12.6. The molecule has 1 aromatic heterocycles. The van der Waals surface area contributed by atoms with Gasteiger partial charge in [0.05, 0.1) is 24.3 Å². The first-order chi connectivity index (χ1) is 12.1. The summed E-state index contributed by atoms with van der Waals surface area (Å²) in [4.78, 5) is 13.9. The molecule has 6 nitrogen and oxygen atoms in total. The summed E-state index contributed by atoms with van der Waals surface area (Å²) in [6.07, 6.45) is 1.59. The number of benzene rings is 1. The minimum Gasteiger partial charge on any atom is -0.507 e. The van der Waals surface area contributed by atoms with Gasteiger partial charge in [0.1, 0.15) is 36.9 Å². The van der Waals surface area contributed by atoms with Crippen LogP contribution in [0.4, 0.5) is 0 Å². The number of phenolic OH excluding ortho intramolecular Hbond substituents is 1. The van der Waals surface area contributed by atoms with E-state index in [2.05, 4.69) is 0 Å². The van der Waals surface area contributed by atoms with E-state index in [1.165, 1.54) is 4.90 Å². The minimum atomic E-state index is -0.192. The van der Waals surface area contributed by atoms with Crippen LogP contribution in [0, 0.1) is 6.92 Å². The molecule has 0 saturated carbocycles. The largest absolute Gasteiger partial charge is 0.507 e. The second-order valence-electron chi connectivity index (χ2n) is 6.37. The molecule has 0 unspecified atom stereocenters. The number of rotatable bonds is 3. The van der Waals surface area contributed by atoms with Gasteiger partial charge in [0.25, 0.3) is 0 Å². The third kappa shape index (κ3) is 3.06. The smallest absolute Gasteiger partial charge is 0.232 e. The van der Waals surface area contributed by atoms with Crippen molar-refractivity contribution in [3.8, 4) is 11.5 Å². The molecular formula is C19H20NO5+. The lowest BCUT2D eigenvalue weighted by atomic mass is 10.0. The van der Waals surface area contributed by atoms with E-state index in [1.54, 1.807) is 24.3 Å². The summed E-state index contributed by atoms with van der Waals surface area (Å²) < 4.78 is 16.7. The Morgan fingerprint density at radius 3 is 2.72 bits per heavy atom. The molecule has 2 aromatic rings. The molecule has 0 atom stereocenters. The van der Waals surface area contributed by atoms with Crippen LogP contribution >= 0.6 is 0 Å². The molecular weight excluding hydrogens is 322 g/mol. The molecule has 1 fully saturated rings. The molecule has 6 heteroatoms. The Morgan fingerprint density at radius 1 is 1.20 bits per heavy atom. The van der Waals surface area contributed by atoms with Gasteiger partial charge in [-0.25, -0.2) is 0 Å². The number of phenols is 1. The second kappa shape index (κ2) is 6.38. The molecule has 2 aliphatic heterocycles. The van der Waals surface area contributed by atoms with Crippen molar-refractivity contribution >= 4 is 11.9 Å². The van der Waals surface area contributed by atoms with Crippen molar-refractivity contribution in [2.45, 2.75) is 13.5 Å². The molecule has 0 spiro atoms. The summed E-state index contributed by atoms with van der Waals surface area (Å²) in [5, 5.41) is 10.3. The first kappa shape index (κ1) is 15.9. The van der Waals surface area contributed by atoms with Crippen LogP contribution in [0.5, 0.6) is 11.5 Å². The molecule has 4 rings (SSSR count). The Kier molecular flexibility index (Phi) is 4.07. The van der Waals surface area contributed by atoms with Gasteiger partial charge in [-0.3, -0.25) is 4.79 Å². The summed E-state index contributed by atoms with van der Waals surface area (Å²) in [6, 6.07) is 6.80. The monoisotopic (exact) mass is 342 g/mol. The third-order valence-electron chi connectivity index (χ3n) is 4.58. The maximum atomic E-state index is 12.6. The van der Waals surface area contributed by atoms with Crippen LogP contribution in [0.25, 0.3) is 6.08 Å². The zero-order valence-electron chi connectivity index (χ0n) is 14.0. The Morgan fingerprint density at radius 2 is 2.00 bits per heavy atom. The van der Waals surface area contributed by atoms with Crippen molar-refractivity contribution in [3.63, 3.8) is 0 Å². The fourth-order valence-corrected chi connectivity index (χ4v) is 3.21. The van der Waals surface area contributed by atoms with Gasteiger partial charge >= 0.3 is 0 Å². The molecule has 0 amide bonds. The van der Waals surface area contributed by atoms with E-state index in [9.17, 15) is 9.90 Å². The second-order valence-corrected chi connectivity index (χ2v) is 6.37. The first-order valence-corrected chi connectivity index (χ1v) is 8.38. The number of hydrogen-bond donors (Lipinski definition) is 2. The lowest BCUT2D eigenvalue weighted by Gasteiger charge is -2.24. The number of quaternary nitrogens is 1. The molecule has 2 N–H and O–H groups in total. The SMILES string of the molecule is Cc1ccc(/C=C2\Oc3c(ccc(O)c3C[NH+]3CCOCC3)C2=O)o1. The van der Waals surface area contributed by atoms with Crippen molar-refractivity contribution in [2.75, 3.05) is 26.3 Å². The number of aromatic hydroxyl groups is 1. The number of carbonyl (C=O) groups is 1. The van der Waals surface area contributed by atoms with E-state index in [4.69, 9.17) is 13.9 Å². The standard InChI is InChI=1S/C19H19NO5/c1-12-2-3-13(24-12)10-17-18(22)14-4-5-16(21)15(19(14)25-17)11-20-6-8-23-9-7-20/h2-5,10,21H,6-9,11H2,1H3/p+1/b17-10-. The number of carbonyl (C=O) groups excluding carboxylic acids is 1. The number of nitrogens with one attached hydrogen (secondary N) is 1. The normalized spacial score (nSPS) is 19.2. The Balaban J connectivity index is 1.65. The predicted molar refractivity (Wildman–Crippen MR) is 89.7 cm³/mol. The number of ketones is 1. The van der Waals surface area contributed by atoms with Crippen molar-refractivity contribution < 1.29 is 28.7 Å². The molecule has 0 bridgehead atoms. The average Bonchev–Trinajstić information content (AvgIpc) is 3.16. The fourth-order valence-electron chi connectivity index (χ4n) is 3.21. The van der Waals surface area contributed by atoms with Crippen LogP contribution in [-0.4, -0.2) is 37.2 Å². The van der Waals surface area contributed by atoms with E-state index >= 15 is 0 Å². The molecule has 1 saturated heterocycles. The molecule has 0 aliphatic carbocycles. The van der Waals surface area contributed by atoms with Gasteiger partial charge in [-0.05, 0) is 31.2 Å². The van der Waals surface area contributed by atoms with E-state index in [1.807, 2.05) is 13.0 Å². The maximum Gasteiger partial charge on any atom is 0.232 e. The first-order valence-electron chi connectivity index (χ1n) is 8.38. The van der Waals surface area contributed by atoms with Gasteiger partial charge in [-0.1, -0.05) is 0 Å². The quantitative estimate of drug-likeness (QED) is 0.823. The van der Waals surface area contributed by atoms with E-state index in [0.717, 1.165) is 18.8 Å². The number of aryl methyl sites for hydroxylation is 1. The minimum absolute atomic E-state index is 0.153. The molecule has 25 heavy (non-hydrogen) atoms. The summed E-state index contributed by atoms with van der Waals surface area (Å²) in [5.74, 6) is 1.97. The van der Waals surface area contributed by atoms with E-state index in [0.29, 0.717) is 42.4 Å². The van der Waals surface area contributed by atoms with E-state index < -0.39 is 0 Å². The molecule has 3 heterocycles. The zero-order chi connectivity index (χ0) is 17.4. The number of ether oxygens (including phenoxy) is 2. The lowest BCUT2D eigenvalue weighted by molar-refractivity contribution is -0.921. The summed E-state index contributed by atoms with van der Waals surface area (Å²) in [6.45, 7) is 5.58. The summed E-state index contributed by atoms with van der Waals surface area (Å²) in [7, 11) is 0. The van der Waals surface area contributed by atoms with Crippen molar-refractivity contribution in [1.29, 1.82) is 0 Å². The number of Topliss-reactive ketones (excluding diaryl/α,β-unsaturated/α-hetero) is 1.